The van der Waals surface area contributed by atoms with Crippen molar-refractivity contribution in [2.24, 2.45) is 5.92 Å². The topological polar surface area (TPSA) is 33.2 Å². The molecule has 1 saturated heterocycles. The van der Waals surface area contributed by atoms with E-state index >= 15 is 0 Å². The molecule has 3 nitrogen and oxygen atoms in total. The highest BCUT2D eigenvalue weighted by Gasteiger charge is 2.40. The molecule has 4 rings (SSSR count). The van der Waals surface area contributed by atoms with Gasteiger partial charge in [0.2, 0.25) is 0 Å². The molecule has 1 aromatic heterocycles. The molecule has 1 aliphatic carbocycles. The summed E-state index contributed by atoms with van der Waals surface area (Å²) in [6.07, 6.45) is 3.47. The zero-order chi connectivity index (χ0) is 14.6. The molecule has 2 fully saturated rings. The lowest BCUT2D eigenvalue weighted by atomic mass is 10.0. The number of hydrogen-bond acceptors (Lipinski definition) is 2. The Bertz CT molecular complexity index is 743. The zero-order valence-electron chi connectivity index (χ0n) is 12.0. The van der Waals surface area contributed by atoms with Crippen LogP contribution in [0.2, 0.25) is 0 Å². The fourth-order valence-electron chi connectivity index (χ4n) is 3.84. The van der Waals surface area contributed by atoms with E-state index < -0.39 is 0 Å². The number of carbonyl (C=O) groups excluding carboxylic acids is 1. The van der Waals surface area contributed by atoms with Crippen LogP contribution >= 0.6 is 0 Å². The second kappa shape index (κ2) is 4.52. The van der Waals surface area contributed by atoms with E-state index in [1.807, 2.05) is 11.8 Å². The number of piperidine rings is 1. The van der Waals surface area contributed by atoms with E-state index in [2.05, 4.69) is 4.98 Å². The maximum absolute atomic E-state index is 13.6. The zero-order valence-corrected chi connectivity index (χ0v) is 12.0. The maximum atomic E-state index is 13.6. The van der Waals surface area contributed by atoms with E-state index in [0.717, 1.165) is 25.1 Å². The Labute approximate surface area is 122 Å². The normalized spacial score (nSPS) is 24.0. The van der Waals surface area contributed by atoms with Gasteiger partial charge in [-0.2, -0.15) is 0 Å². The van der Waals surface area contributed by atoms with Gasteiger partial charge in [0.15, 0.2) is 0 Å². The van der Waals surface area contributed by atoms with Crippen LogP contribution in [0.25, 0.3) is 10.9 Å². The molecular formula is C17H17FN2O. The second-order valence-electron chi connectivity index (χ2n) is 6.26. The highest BCUT2D eigenvalue weighted by atomic mass is 19.1. The minimum absolute atomic E-state index is 0.0308. The summed E-state index contributed by atoms with van der Waals surface area (Å²) in [5.41, 5.74) is 2.07. The number of amides is 1. The molecule has 0 unspecified atom stereocenters. The number of hydrogen-bond donors (Lipinski definition) is 0. The van der Waals surface area contributed by atoms with Crippen molar-refractivity contribution in [1.82, 2.24) is 9.88 Å². The molecule has 0 radical (unpaired) electrons. The number of benzene rings is 1. The predicted octanol–water partition coefficient (Wildman–Crippen LogP) is 3.31. The maximum Gasteiger partial charge on any atom is 0.254 e. The van der Waals surface area contributed by atoms with Crippen LogP contribution in [0.3, 0.4) is 0 Å². The van der Waals surface area contributed by atoms with E-state index in [9.17, 15) is 9.18 Å². The molecule has 4 heteroatoms. The lowest BCUT2D eigenvalue weighted by Crippen LogP contribution is -2.37. The fraction of sp³-hybridized carbons (Fsp3) is 0.412. The van der Waals surface area contributed by atoms with Crippen molar-refractivity contribution in [3.8, 4) is 0 Å². The lowest BCUT2D eigenvalue weighted by molar-refractivity contribution is 0.0705. The third-order valence-corrected chi connectivity index (χ3v) is 4.80. The fourth-order valence-corrected chi connectivity index (χ4v) is 3.84. The van der Waals surface area contributed by atoms with Crippen LogP contribution in [0.5, 0.6) is 0 Å². The van der Waals surface area contributed by atoms with Crippen LogP contribution in [0, 0.1) is 18.7 Å². The summed E-state index contributed by atoms with van der Waals surface area (Å²) < 4.78 is 13.6. The van der Waals surface area contributed by atoms with E-state index in [-0.39, 0.29) is 11.7 Å². The van der Waals surface area contributed by atoms with Gasteiger partial charge >= 0.3 is 0 Å². The summed E-state index contributed by atoms with van der Waals surface area (Å²) in [5, 5.41) is 0.619. The minimum atomic E-state index is -0.329. The summed E-state index contributed by atoms with van der Waals surface area (Å²) in [5.74, 6) is 0.360. The number of aryl methyl sites for hydroxylation is 1. The van der Waals surface area contributed by atoms with Gasteiger partial charge in [-0.15, -0.1) is 0 Å². The number of aromatic nitrogens is 1. The van der Waals surface area contributed by atoms with Crippen molar-refractivity contribution < 1.29 is 9.18 Å². The van der Waals surface area contributed by atoms with Crippen molar-refractivity contribution in [3.63, 3.8) is 0 Å². The van der Waals surface area contributed by atoms with Gasteiger partial charge in [0, 0.05) is 23.7 Å². The number of halogens is 1. The van der Waals surface area contributed by atoms with Crippen molar-refractivity contribution in [2.75, 3.05) is 6.54 Å². The molecule has 2 bridgehead atoms. The molecule has 1 aromatic carbocycles. The van der Waals surface area contributed by atoms with Gasteiger partial charge in [0.05, 0.1) is 11.1 Å². The van der Waals surface area contributed by atoms with Crippen LogP contribution in [-0.4, -0.2) is 28.4 Å². The van der Waals surface area contributed by atoms with E-state index in [4.69, 9.17) is 0 Å². The Hall–Kier alpha value is -1.97. The third-order valence-electron chi connectivity index (χ3n) is 4.80. The Morgan fingerprint density at radius 3 is 2.90 bits per heavy atom. The van der Waals surface area contributed by atoms with Crippen molar-refractivity contribution in [1.29, 1.82) is 0 Å². The largest absolute Gasteiger partial charge is 0.335 e. The Morgan fingerprint density at radius 1 is 1.33 bits per heavy atom. The van der Waals surface area contributed by atoms with Gasteiger partial charge < -0.3 is 4.90 Å². The molecule has 2 aromatic rings. The van der Waals surface area contributed by atoms with Crippen LogP contribution in [-0.2, 0) is 0 Å². The Balaban J connectivity index is 1.82. The molecule has 1 amide bonds. The number of carbonyl (C=O) groups is 1. The Kier molecular flexibility index (Phi) is 2.74. The number of pyridine rings is 1. The van der Waals surface area contributed by atoms with Gasteiger partial charge in [-0.25, -0.2) is 4.39 Å². The molecular weight excluding hydrogens is 267 g/mol. The van der Waals surface area contributed by atoms with Gasteiger partial charge in [-0.05, 0) is 56.4 Å². The van der Waals surface area contributed by atoms with Gasteiger partial charge in [-0.1, -0.05) is 0 Å². The summed E-state index contributed by atoms with van der Waals surface area (Å²) in [6.45, 7) is 2.72. The molecule has 0 spiro atoms. The average Bonchev–Trinajstić information content (AvgIpc) is 3.09. The van der Waals surface area contributed by atoms with Gasteiger partial charge in [0.25, 0.3) is 5.91 Å². The molecule has 2 aliphatic rings. The van der Waals surface area contributed by atoms with E-state index in [0.29, 0.717) is 28.4 Å². The van der Waals surface area contributed by atoms with Crippen molar-refractivity contribution in [3.05, 3.63) is 41.3 Å². The number of likely N-dealkylation sites (tertiary alicyclic amines) is 1. The Morgan fingerprint density at radius 2 is 2.19 bits per heavy atom. The number of fused-ring (bicyclic) bond motifs is 3. The highest BCUT2D eigenvalue weighted by Crippen LogP contribution is 2.38. The molecule has 0 N–H and O–H groups in total. The van der Waals surface area contributed by atoms with Crippen LogP contribution in [0.15, 0.2) is 24.3 Å². The first-order valence-electron chi connectivity index (χ1n) is 7.49. The lowest BCUT2D eigenvalue weighted by Gasteiger charge is -2.27. The summed E-state index contributed by atoms with van der Waals surface area (Å²) in [7, 11) is 0. The van der Waals surface area contributed by atoms with Crippen LogP contribution in [0.4, 0.5) is 4.39 Å². The second-order valence-corrected chi connectivity index (χ2v) is 6.26. The number of nitrogens with zero attached hydrogens (tertiary/aromatic N) is 2. The van der Waals surface area contributed by atoms with E-state index in [1.54, 1.807) is 12.1 Å². The average molecular weight is 284 g/mol. The van der Waals surface area contributed by atoms with E-state index in [1.165, 1.54) is 18.6 Å². The molecule has 2 heterocycles. The SMILES string of the molecule is Cc1cc(C(=O)N2C[C@H]3CC[C@H]2C3)c2cc(F)ccc2n1. The first-order valence-corrected chi connectivity index (χ1v) is 7.49. The first kappa shape index (κ1) is 12.7. The van der Waals surface area contributed by atoms with Crippen LogP contribution in [0.1, 0.15) is 35.3 Å². The third kappa shape index (κ3) is 2.01. The standard InChI is InChI=1S/C17H17FN2O/c1-10-6-15(14-8-12(18)3-5-16(14)19-10)17(21)20-9-11-2-4-13(20)7-11/h3,5-6,8,11,13H,2,4,7,9H2,1H3/t11-,13-/m0/s1. The number of rotatable bonds is 1. The minimum Gasteiger partial charge on any atom is -0.335 e. The summed E-state index contributed by atoms with van der Waals surface area (Å²) in [4.78, 5) is 19.3. The monoisotopic (exact) mass is 284 g/mol. The summed E-state index contributed by atoms with van der Waals surface area (Å²) >= 11 is 0. The van der Waals surface area contributed by atoms with Crippen LogP contribution < -0.4 is 0 Å². The van der Waals surface area contributed by atoms with Gasteiger partial charge in [0.1, 0.15) is 5.82 Å². The smallest absolute Gasteiger partial charge is 0.254 e. The molecule has 2 atom stereocenters. The van der Waals surface area contributed by atoms with Crippen molar-refractivity contribution >= 4 is 16.8 Å². The molecule has 1 saturated carbocycles. The molecule has 108 valence electrons. The highest BCUT2D eigenvalue weighted by molar-refractivity contribution is 6.06. The molecule has 21 heavy (non-hydrogen) atoms. The summed E-state index contributed by atoms with van der Waals surface area (Å²) in [6, 6.07) is 6.62. The predicted molar refractivity (Wildman–Crippen MR) is 78.6 cm³/mol. The first-order chi connectivity index (χ1) is 10.1. The quantitative estimate of drug-likeness (QED) is 0.805. The molecule has 1 aliphatic heterocycles. The van der Waals surface area contributed by atoms with Gasteiger partial charge in [-0.3, -0.25) is 9.78 Å². The van der Waals surface area contributed by atoms with Crippen molar-refractivity contribution in [2.45, 2.75) is 32.2 Å².